The minimum atomic E-state index is -0.361. The number of rotatable bonds is 2. The molecule has 0 saturated carbocycles. The van der Waals surface area contributed by atoms with Gasteiger partial charge in [-0.05, 0) is 52.3 Å². The van der Waals surface area contributed by atoms with Gasteiger partial charge in [-0.3, -0.25) is 0 Å². The van der Waals surface area contributed by atoms with Crippen LogP contribution in [0.5, 0.6) is 0 Å². The van der Waals surface area contributed by atoms with E-state index in [4.69, 9.17) is 23.2 Å². The summed E-state index contributed by atoms with van der Waals surface area (Å²) in [5.41, 5.74) is 1.22. The molecular weight excluding hydrogens is 351 g/mol. The summed E-state index contributed by atoms with van der Waals surface area (Å²) in [5, 5.41) is 6.44. The monoisotopic (exact) mass is 358 g/mol. The number of carbonyl (C=O) groups is 1. The van der Waals surface area contributed by atoms with Crippen molar-refractivity contribution < 1.29 is 4.79 Å². The van der Waals surface area contributed by atoms with Crippen LogP contribution in [0.4, 0.5) is 16.2 Å². The van der Waals surface area contributed by atoms with Gasteiger partial charge in [0.1, 0.15) is 0 Å². The average molecular weight is 360 g/mol. The Labute approximate surface area is 129 Å². The van der Waals surface area contributed by atoms with Crippen molar-refractivity contribution in [2.24, 2.45) is 0 Å². The molecule has 19 heavy (non-hydrogen) atoms. The summed E-state index contributed by atoms with van der Waals surface area (Å²) in [7, 11) is 0. The van der Waals surface area contributed by atoms with Crippen LogP contribution in [0.2, 0.25) is 10.0 Å². The number of hydrogen-bond acceptors (Lipinski definition) is 1. The van der Waals surface area contributed by atoms with Crippen molar-refractivity contribution in [3.05, 3.63) is 57.0 Å². The minimum Gasteiger partial charge on any atom is -0.308 e. The van der Waals surface area contributed by atoms with Gasteiger partial charge in [-0.25, -0.2) is 4.79 Å². The third-order valence-electron chi connectivity index (χ3n) is 2.26. The fraction of sp³-hybridized carbons (Fsp3) is 0. The molecular formula is C13H9BrCl2N2O. The molecule has 0 atom stereocenters. The van der Waals surface area contributed by atoms with Crippen LogP contribution in [-0.2, 0) is 0 Å². The predicted octanol–water partition coefficient (Wildman–Crippen LogP) is 5.40. The van der Waals surface area contributed by atoms with Gasteiger partial charge < -0.3 is 10.6 Å². The molecule has 2 aromatic rings. The Bertz CT molecular complexity index is 619. The summed E-state index contributed by atoms with van der Waals surface area (Å²) < 4.78 is 0.773. The maximum Gasteiger partial charge on any atom is 0.323 e. The van der Waals surface area contributed by atoms with Gasteiger partial charge in [0.2, 0.25) is 0 Å². The third kappa shape index (κ3) is 4.13. The molecule has 0 aromatic heterocycles. The lowest BCUT2D eigenvalue weighted by atomic mass is 10.3. The molecule has 0 fully saturated rings. The lowest BCUT2D eigenvalue weighted by Crippen LogP contribution is -2.19. The first-order chi connectivity index (χ1) is 9.04. The van der Waals surface area contributed by atoms with Crippen molar-refractivity contribution in [1.82, 2.24) is 0 Å². The molecule has 0 unspecified atom stereocenters. The van der Waals surface area contributed by atoms with Gasteiger partial charge in [0, 0.05) is 20.9 Å². The molecule has 0 heterocycles. The van der Waals surface area contributed by atoms with Crippen molar-refractivity contribution in [3.63, 3.8) is 0 Å². The van der Waals surface area contributed by atoms with Gasteiger partial charge in [-0.15, -0.1) is 0 Å². The highest BCUT2D eigenvalue weighted by Crippen LogP contribution is 2.25. The van der Waals surface area contributed by atoms with E-state index in [0.717, 1.165) is 4.47 Å². The smallest absolute Gasteiger partial charge is 0.308 e. The molecule has 0 spiro atoms. The van der Waals surface area contributed by atoms with E-state index in [1.807, 2.05) is 0 Å². The Morgan fingerprint density at radius 2 is 1.68 bits per heavy atom. The highest BCUT2D eigenvalue weighted by atomic mass is 79.9. The van der Waals surface area contributed by atoms with Crippen molar-refractivity contribution in [2.45, 2.75) is 0 Å². The maximum absolute atomic E-state index is 11.8. The molecule has 2 rings (SSSR count). The summed E-state index contributed by atoms with van der Waals surface area (Å²) in [6, 6.07) is 11.7. The van der Waals surface area contributed by atoms with Gasteiger partial charge in [0.15, 0.2) is 0 Å². The van der Waals surface area contributed by atoms with Gasteiger partial charge in [-0.1, -0.05) is 29.3 Å². The van der Waals surface area contributed by atoms with Crippen molar-refractivity contribution >= 4 is 56.5 Å². The second kappa shape index (κ2) is 6.28. The van der Waals surface area contributed by atoms with Gasteiger partial charge in [0.25, 0.3) is 0 Å². The lowest BCUT2D eigenvalue weighted by molar-refractivity contribution is 0.262. The number of urea groups is 1. The van der Waals surface area contributed by atoms with E-state index in [1.165, 1.54) is 0 Å². The Balaban J connectivity index is 2.03. The first-order valence-electron chi connectivity index (χ1n) is 5.33. The Hall–Kier alpha value is -1.23. The van der Waals surface area contributed by atoms with Gasteiger partial charge >= 0.3 is 6.03 Å². The molecule has 2 aromatic carbocycles. The quantitative estimate of drug-likeness (QED) is 0.740. The Morgan fingerprint density at radius 1 is 1.00 bits per heavy atom. The normalized spacial score (nSPS) is 10.1. The fourth-order valence-electron chi connectivity index (χ4n) is 1.43. The van der Waals surface area contributed by atoms with E-state index in [9.17, 15) is 4.79 Å². The molecule has 0 aliphatic heterocycles. The van der Waals surface area contributed by atoms with E-state index in [2.05, 4.69) is 26.6 Å². The maximum atomic E-state index is 11.8. The van der Waals surface area contributed by atoms with Crippen molar-refractivity contribution in [3.8, 4) is 0 Å². The lowest BCUT2D eigenvalue weighted by Gasteiger charge is -2.08. The summed E-state index contributed by atoms with van der Waals surface area (Å²) >= 11 is 15.1. The summed E-state index contributed by atoms with van der Waals surface area (Å²) in [4.78, 5) is 11.8. The fourth-order valence-corrected chi connectivity index (χ4v) is 2.05. The number of benzene rings is 2. The first-order valence-corrected chi connectivity index (χ1v) is 6.88. The molecule has 3 nitrogen and oxygen atoms in total. The summed E-state index contributed by atoms with van der Waals surface area (Å²) in [6.45, 7) is 0. The third-order valence-corrected chi connectivity index (χ3v) is 3.73. The van der Waals surface area contributed by atoms with Crippen molar-refractivity contribution in [2.75, 3.05) is 10.6 Å². The molecule has 0 aliphatic rings. The number of anilines is 2. The molecule has 0 radical (unpaired) electrons. The second-order valence-corrected chi connectivity index (χ2v) is 5.42. The number of carbonyl (C=O) groups excluding carboxylic acids is 1. The molecule has 98 valence electrons. The molecule has 0 aliphatic carbocycles. The minimum absolute atomic E-state index is 0.361. The van der Waals surface area contributed by atoms with Crippen LogP contribution in [0, 0.1) is 0 Å². The molecule has 6 heteroatoms. The zero-order valence-corrected chi connectivity index (χ0v) is 12.7. The first kappa shape index (κ1) is 14.2. The average Bonchev–Trinajstić information content (AvgIpc) is 2.34. The number of amides is 2. The molecule has 0 saturated heterocycles. The van der Waals surface area contributed by atoms with Crippen LogP contribution in [-0.4, -0.2) is 6.03 Å². The Morgan fingerprint density at radius 3 is 2.32 bits per heavy atom. The standard InChI is InChI=1S/C13H9BrCl2N2O/c14-11-5-4-10(7-12(11)16)18-13(19)17-9-3-1-2-8(15)6-9/h1-7H,(H2,17,18,19). The van der Waals surface area contributed by atoms with Crippen LogP contribution in [0.15, 0.2) is 46.9 Å². The highest BCUT2D eigenvalue weighted by molar-refractivity contribution is 9.10. The van der Waals surface area contributed by atoms with E-state index >= 15 is 0 Å². The number of nitrogens with one attached hydrogen (secondary N) is 2. The second-order valence-electron chi connectivity index (χ2n) is 3.72. The SMILES string of the molecule is O=C(Nc1cccc(Cl)c1)Nc1ccc(Br)c(Cl)c1. The van der Waals surface area contributed by atoms with Crippen molar-refractivity contribution in [1.29, 1.82) is 0 Å². The topological polar surface area (TPSA) is 41.1 Å². The summed E-state index contributed by atoms with van der Waals surface area (Å²) in [6.07, 6.45) is 0. The van der Waals surface area contributed by atoms with Crippen LogP contribution in [0.1, 0.15) is 0 Å². The van der Waals surface area contributed by atoms with E-state index < -0.39 is 0 Å². The number of hydrogen-bond donors (Lipinski definition) is 2. The van der Waals surface area contributed by atoms with Gasteiger partial charge in [-0.2, -0.15) is 0 Å². The summed E-state index contributed by atoms with van der Waals surface area (Å²) in [5.74, 6) is 0. The van der Waals surface area contributed by atoms with Gasteiger partial charge in [0.05, 0.1) is 5.02 Å². The Kier molecular flexibility index (Phi) is 4.69. The predicted molar refractivity (Wildman–Crippen MR) is 83.2 cm³/mol. The zero-order valence-electron chi connectivity index (χ0n) is 9.58. The molecule has 2 amide bonds. The highest BCUT2D eigenvalue weighted by Gasteiger charge is 2.04. The largest absolute Gasteiger partial charge is 0.323 e. The van der Waals surface area contributed by atoms with E-state index in [-0.39, 0.29) is 6.03 Å². The number of halogens is 3. The van der Waals surface area contributed by atoms with E-state index in [0.29, 0.717) is 21.4 Å². The van der Waals surface area contributed by atoms with Crippen LogP contribution in [0.25, 0.3) is 0 Å². The van der Waals surface area contributed by atoms with E-state index in [1.54, 1.807) is 42.5 Å². The zero-order chi connectivity index (χ0) is 13.8. The molecule has 2 N–H and O–H groups in total. The van der Waals surface area contributed by atoms with Crippen LogP contribution in [0.3, 0.4) is 0 Å². The van der Waals surface area contributed by atoms with Crippen LogP contribution >= 0.6 is 39.1 Å². The van der Waals surface area contributed by atoms with Crippen LogP contribution < -0.4 is 10.6 Å². The molecule has 0 bridgehead atoms.